The number of benzene rings is 1. The molecule has 0 aliphatic heterocycles. The van der Waals surface area contributed by atoms with Crippen LogP contribution in [0.15, 0.2) is 36.5 Å². The highest BCUT2D eigenvalue weighted by molar-refractivity contribution is 5.91. The van der Waals surface area contributed by atoms with Crippen molar-refractivity contribution in [1.29, 1.82) is 0 Å². The lowest BCUT2D eigenvalue weighted by molar-refractivity contribution is 0.0522. The Kier molecular flexibility index (Phi) is 4.24. The Morgan fingerprint density at radius 2 is 2.05 bits per heavy atom. The molecular weight excluding hydrogens is 268 g/mol. The van der Waals surface area contributed by atoms with E-state index in [2.05, 4.69) is 4.98 Å². The van der Waals surface area contributed by atoms with Crippen molar-refractivity contribution in [2.24, 2.45) is 0 Å². The van der Waals surface area contributed by atoms with Crippen LogP contribution in [0.4, 0.5) is 8.78 Å². The van der Waals surface area contributed by atoms with Gasteiger partial charge in [0.1, 0.15) is 11.3 Å². The van der Waals surface area contributed by atoms with Gasteiger partial charge >= 0.3 is 5.97 Å². The summed E-state index contributed by atoms with van der Waals surface area (Å²) in [5.41, 5.74) is 0.110. The summed E-state index contributed by atoms with van der Waals surface area (Å²) >= 11 is 0. The summed E-state index contributed by atoms with van der Waals surface area (Å²) in [5, 5.41) is 0. The average molecular weight is 279 g/mol. The van der Waals surface area contributed by atoms with E-state index in [0.29, 0.717) is 0 Å². The first kappa shape index (κ1) is 13.9. The summed E-state index contributed by atoms with van der Waals surface area (Å²) in [7, 11) is 0. The number of nitrogens with zero attached hydrogens (tertiary/aromatic N) is 1. The van der Waals surface area contributed by atoms with E-state index >= 15 is 0 Å². The SMILES string of the molecule is CCOC(=O)c1cccnc1Oc1ccc(F)c(F)c1. The molecular formula is C14H11F2NO3. The van der Waals surface area contributed by atoms with Crippen LogP contribution in [0, 0.1) is 11.6 Å². The number of carbonyl (C=O) groups is 1. The third-order valence-corrected chi connectivity index (χ3v) is 2.37. The van der Waals surface area contributed by atoms with Crippen molar-refractivity contribution in [3.63, 3.8) is 0 Å². The van der Waals surface area contributed by atoms with Gasteiger partial charge in [0.2, 0.25) is 5.88 Å². The number of rotatable bonds is 4. The van der Waals surface area contributed by atoms with Crippen molar-refractivity contribution in [3.8, 4) is 11.6 Å². The van der Waals surface area contributed by atoms with Crippen molar-refractivity contribution < 1.29 is 23.0 Å². The van der Waals surface area contributed by atoms with Gasteiger partial charge in [-0.05, 0) is 31.2 Å². The molecule has 2 rings (SSSR count). The minimum Gasteiger partial charge on any atom is -0.462 e. The smallest absolute Gasteiger partial charge is 0.343 e. The number of esters is 1. The normalized spacial score (nSPS) is 10.2. The fourth-order valence-corrected chi connectivity index (χ4v) is 1.49. The molecule has 0 saturated heterocycles. The van der Waals surface area contributed by atoms with E-state index in [1.807, 2.05) is 0 Å². The standard InChI is InChI=1S/C14H11F2NO3/c1-2-19-14(18)10-4-3-7-17-13(10)20-9-5-6-11(15)12(16)8-9/h3-8H,2H2,1H3. The summed E-state index contributed by atoms with van der Waals surface area (Å²) in [6, 6.07) is 6.06. The highest BCUT2D eigenvalue weighted by Gasteiger charge is 2.15. The Morgan fingerprint density at radius 3 is 2.75 bits per heavy atom. The second-order valence-corrected chi connectivity index (χ2v) is 3.75. The number of pyridine rings is 1. The molecule has 1 aromatic carbocycles. The molecule has 0 N–H and O–H groups in total. The largest absolute Gasteiger partial charge is 0.462 e. The van der Waals surface area contributed by atoms with Gasteiger partial charge < -0.3 is 9.47 Å². The van der Waals surface area contributed by atoms with E-state index in [0.717, 1.165) is 12.1 Å². The molecule has 0 fully saturated rings. The molecule has 104 valence electrons. The molecule has 0 spiro atoms. The Morgan fingerprint density at radius 1 is 1.25 bits per heavy atom. The topological polar surface area (TPSA) is 48.4 Å². The van der Waals surface area contributed by atoms with Gasteiger partial charge in [0.25, 0.3) is 0 Å². The highest BCUT2D eigenvalue weighted by atomic mass is 19.2. The van der Waals surface area contributed by atoms with E-state index in [1.165, 1.54) is 18.3 Å². The molecule has 0 bridgehead atoms. The molecule has 0 atom stereocenters. The fourth-order valence-electron chi connectivity index (χ4n) is 1.49. The van der Waals surface area contributed by atoms with Crippen LogP contribution in [-0.2, 0) is 4.74 Å². The lowest BCUT2D eigenvalue weighted by Gasteiger charge is -2.09. The van der Waals surface area contributed by atoms with Crippen LogP contribution in [0.2, 0.25) is 0 Å². The van der Waals surface area contributed by atoms with Gasteiger partial charge in [0.15, 0.2) is 11.6 Å². The second kappa shape index (κ2) is 6.10. The molecule has 0 amide bonds. The van der Waals surface area contributed by atoms with Gasteiger partial charge in [0, 0.05) is 12.3 Å². The minimum atomic E-state index is -1.05. The summed E-state index contributed by atoms with van der Waals surface area (Å²) in [6.07, 6.45) is 1.41. The lowest BCUT2D eigenvalue weighted by atomic mass is 10.2. The van der Waals surface area contributed by atoms with Crippen LogP contribution in [0.3, 0.4) is 0 Å². The maximum atomic E-state index is 13.1. The van der Waals surface area contributed by atoms with E-state index < -0.39 is 17.6 Å². The first-order valence-electron chi connectivity index (χ1n) is 5.87. The van der Waals surface area contributed by atoms with Crippen molar-refractivity contribution in [2.75, 3.05) is 6.61 Å². The number of hydrogen-bond acceptors (Lipinski definition) is 4. The average Bonchev–Trinajstić information content (AvgIpc) is 2.44. The molecule has 20 heavy (non-hydrogen) atoms. The lowest BCUT2D eigenvalue weighted by Crippen LogP contribution is -2.07. The van der Waals surface area contributed by atoms with Crippen LogP contribution in [0.1, 0.15) is 17.3 Å². The van der Waals surface area contributed by atoms with E-state index in [4.69, 9.17) is 9.47 Å². The van der Waals surface area contributed by atoms with Crippen LogP contribution in [-0.4, -0.2) is 17.6 Å². The summed E-state index contributed by atoms with van der Waals surface area (Å²) in [4.78, 5) is 15.6. The molecule has 4 nitrogen and oxygen atoms in total. The summed E-state index contributed by atoms with van der Waals surface area (Å²) in [6.45, 7) is 1.88. The van der Waals surface area contributed by atoms with Crippen molar-refractivity contribution >= 4 is 5.97 Å². The van der Waals surface area contributed by atoms with E-state index in [9.17, 15) is 13.6 Å². The molecule has 0 radical (unpaired) electrons. The van der Waals surface area contributed by atoms with E-state index in [-0.39, 0.29) is 23.8 Å². The monoisotopic (exact) mass is 279 g/mol. The first-order chi connectivity index (χ1) is 9.61. The number of hydrogen-bond donors (Lipinski definition) is 0. The van der Waals surface area contributed by atoms with Gasteiger partial charge in [-0.3, -0.25) is 0 Å². The predicted molar refractivity (Wildman–Crippen MR) is 66.6 cm³/mol. The fraction of sp³-hybridized carbons (Fsp3) is 0.143. The molecule has 0 unspecified atom stereocenters. The maximum absolute atomic E-state index is 13.1. The van der Waals surface area contributed by atoms with Crippen molar-refractivity contribution in [1.82, 2.24) is 4.98 Å². The molecule has 0 aliphatic carbocycles. The number of ether oxygens (including phenoxy) is 2. The highest BCUT2D eigenvalue weighted by Crippen LogP contribution is 2.24. The number of aromatic nitrogens is 1. The van der Waals surface area contributed by atoms with Crippen LogP contribution < -0.4 is 4.74 Å². The van der Waals surface area contributed by atoms with E-state index in [1.54, 1.807) is 13.0 Å². The summed E-state index contributed by atoms with van der Waals surface area (Å²) in [5.74, 6) is -2.62. The Balaban J connectivity index is 2.29. The Bertz CT molecular complexity index is 632. The van der Waals surface area contributed by atoms with Crippen molar-refractivity contribution in [3.05, 3.63) is 53.7 Å². The number of halogens is 2. The quantitative estimate of drug-likeness (QED) is 0.805. The summed E-state index contributed by atoms with van der Waals surface area (Å²) < 4.78 is 36.1. The zero-order valence-corrected chi connectivity index (χ0v) is 10.6. The van der Waals surface area contributed by atoms with Crippen LogP contribution >= 0.6 is 0 Å². The molecule has 0 aliphatic rings. The van der Waals surface area contributed by atoms with Gasteiger partial charge in [-0.25, -0.2) is 18.6 Å². The van der Waals surface area contributed by atoms with Crippen LogP contribution in [0.25, 0.3) is 0 Å². The zero-order valence-electron chi connectivity index (χ0n) is 10.6. The third kappa shape index (κ3) is 3.09. The van der Waals surface area contributed by atoms with Crippen LogP contribution in [0.5, 0.6) is 11.6 Å². The molecule has 1 aromatic heterocycles. The van der Waals surface area contributed by atoms with Gasteiger partial charge in [0.05, 0.1) is 6.61 Å². The molecule has 2 aromatic rings. The minimum absolute atomic E-state index is 0.0306. The first-order valence-corrected chi connectivity index (χ1v) is 5.87. The maximum Gasteiger partial charge on any atom is 0.343 e. The molecule has 6 heteroatoms. The third-order valence-electron chi connectivity index (χ3n) is 2.37. The van der Waals surface area contributed by atoms with Gasteiger partial charge in [-0.1, -0.05) is 0 Å². The Hall–Kier alpha value is -2.50. The number of carbonyl (C=O) groups excluding carboxylic acids is 1. The predicted octanol–water partition coefficient (Wildman–Crippen LogP) is 3.33. The molecule has 0 saturated carbocycles. The van der Waals surface area contributed by atoms with Gasteiger partial charge in [-0.2, -0.15) is 0 Å². The van der Waals surface area contributed by atoms with Gasteiger partial charge in [-0.15, -0.1) is 0 Å². The zero-order chi connectivity index (χ0) is 14.5. The second-order valence-electron chi connectivity index (χ2n) is 3.75. The van der Waals surface area contributed by atoms with Crippen molar-refractivity contribution in [2.45, 2.75) is 6.92 Å². The Labute approximate surface area is 114 Å². The molecule has 1 heterocycles.